The number of hydrazine groups is 1. The predicted octanol–water partition coefficient (Wildman–Crippen LogP) is 3.54. The van der Waals surface area contributed by atoms with Crippen LogP contribution in [0.1, 0.15) is 15.9 Å². The van der Waals surface area contributed by atoms with Crippen LogP contribution in [0.4, 0.5) is 10.1 Å². The Morgan fingerprint density at radius 1 is 1.16 bits per heavy atom. The zero-order chi connectivity index (χ0) is 13.8. The fourth-order valence-corrected chi connectivity index (χ4v) is 1.65. The number of nitrogens with one attached hydrogen (secondary N) is 2. The molecule has 0 aromatic heterocycles. The van der Waals surface area contributed by atoms with E-state index in [0.29, 0.717) is 16.3 Å². The van der Waals surface area contributed by atoms with Crippen LogP contribution in [0.15, 0.2) is 42.5 Å². The minimum Gasteiger partial charge on any atom is -0.298 e. The van der Waals surface area contributed by atoms with E-state index in [9.17, 15) is 9.18 Å². The summed E-state index contributed by atoms with van der Waals surface area (Å²) >= 11 is 5.97. The van der Waals surface area contributed by atoms with Crippen molar-refractivity contribution in [3.63, 3.8) is 0 Å². The average Bonchev–Trinajstić information content (AvgIpc) is 2.40. The van der Waals surface area contributed by atoms with Crippen molar-refractivity contribution in [3.8, 4) is 0 Å². The van der Waals surface area contributed by atoms with E-state index in [-0.39, 0.29) is 11.7 Å². The van der Waals surface area contributed by atoms with Gasteiger partial charge in [-0.2, -0.15) is 0 Å². The summed E-state index contributed by atoms with van der Waals surface area (Å²) < 4.78 is 12.7. The molecule has 0 aliphatic heterocycles. The molecule has 2 aromatic carbocycles. The molecule has 0 aliphatic rings. The standard InChI is InChI=1S/C14H12ClFN2O/c1-9-2-7-12(8-13(9)15)17-18-14(19)10-3-5-11(16)6-4-10/h2-8,17H,1H3,(H,18,19). The van der Waals surface area contributed by atoms with Crippen LogP contribution >= 0.6 is 11.6 Å². The maximum atomic E-state index is 12.7. The van der Waals surface area contributed by atoms with E-state index in [1.807, 2.05) is 13.0 Å². The van der Waals surface area contributed by atoms with Gasteiger partial charge in [0, 0.05) is 10.6 Å². The maximum Gasteiger partial charge on any atom is 0.269 e. The molecule has 0 heterocycles. The third kappa shape index (κ3) is 3.45. The van der Waals surface area contributed by atoms with Crippen molar-refractivity contribution < 1.29 is 9.18 Å². The number of aryl methyl sites for hydroxylation is 1. The van der Waals surface area contributed by atoms with Gasteiger partial charge in [-0.3, -0.25) is 15.6 Å². The van der Waals surface area contributed by atoms with Gasteiger partial charge in [0.05, 0.1) is 5.69 Å². The first-order chi connectivity index (χ1) is 9.06. The van der Waals surface area contributed by atoms with E-state index >= 15 is 0 Å². The summed E-state index contributed by atoms with van der Waals surface area (Å²) in [5.74, 6) is -0.730. The second kappa shape index (κ2) is 5.71. The van der Waals surface area contributed by atoms with Crippen LogP contribution in [-0.2, 0) is 0 Å². The summed E-state index contributed by atoms with van der Waals surface area (Å²) in [6.07, 6.45) is 0. The SMILES string of the molecule is Cc1ccc(NNC(=O)c2ccc(F)cc2)cc1Cl. The Labute approximate surface area is 115 Å². The summed E-state index contributed by atoms with van der Waals surface area (Å²) in [7, 11) is 0. The van der Waals surface area contributed by atoms with Crippen molar-refractivity contribution in [2.45, 2.75) is 6.92 Å². The van der Waals surface area contributed by atoms with Gasteiger partial charge in [-0.1, -0.05) is 17.7 Å². The van der Waals surface area contributed by atoms with Gasteiger partial charge in [-0.05, 0) is 48.9 Å². The molecule has 0 fully saturated rings. The molecule has 3 nitrogen and oxygen atoms in total. The molecule has 0 unspecified atom stereocenters. The second-order valence-electron chi connectivity index (χ2n) is 4.05. The lowest BCUT2D eigenvalue weighted by Crippen LogP contribution is -2.29. The van der Waals surface area contributed by atoms with Crippen molar-refractivity contribution in [1.29, 1.82) is 0 Å². The van der Waals surface area contributed by atoms with Crippen LogP contribution in [0.3, 0.4) is 0 Å². The summed E-state index contributed by atoms with van der Waals surface area (Å²) in [6, 6.07) is 10.6. The van der Waals surface area contributed by atoms with E-state index in [1.165, 1.54) is 24.3 Å². The van der Waals surface area contributed by atoms with Gasteiger partial charge in [-0.25, -0.2) is 4.39 Å². The van der Waals surface area contributed by atoms with Crippen molar-refractivity contribution in [1.82, 2.24) is 5.43 Å². The maximum absolute atomic E-state index is 12.7. The highest BCUT2D eigenvalue weighted by molar-refractivity contribution is 6.31. The van der Waals surface area contributed by atoms with E-state index in [2.05, 4.69) is 10.9 Å². The molecule has 0 radical (unpaired) electrons. The molecule has 5 heteroatoms. The molecule has 0 aliphatic carbocycles. The van der Waals surface area contributed by atoms with Crippen LogP contribution in [0.2, 0.25) is 5.02 Å². The quantitative estimate of drug-likeness (QED) is 0.843. The van der Waals surface area contributed by atoms with Crippen molar-refractivity contribution in [2.24, 2.45) is 0 Å². The summed E-state index contributed by atoms with van der Waals surface area (Å²) in [6.45, 7) is 1.89. The number of amides is 1. The van der Waals surface area contributed by atoms with Crippen LogP contribution in [0, 0.1) is 12.7 Å². The lowest BCUT2D eigenvalue weighted by molar-refractivity contribution is 0.0962. The molecule has 2 N–H and O–H groups in total. The van der Waals surface area contributed by atoms with Gasteiger partial charge in [0.1, 0.15) is 5.82 Å². The highest BCUT2D eigenvalue weighted by atomic mass is 35.5. The Bertz CT molecular complexity index is 599. The van der Waals surface area contributed by atoms with E-state index in [0.717, 1.165) is 5.56 Å². The van der Waals surface area contributed by atoms with Crippen molar-refractivity contribution >= 4 is 23.2 Å². The summed E-state index contributed by atoms with van der Waals surface area (Å²) in [5.41, 5.74) is 7.25. The molecule has 19 heavy (non-hydrogen) atoms. The largest absolute Gasteiger partial charge is 0.298 e. The lowest BCUT2D eigenvalue weighted by Gasteiger charge is -2.09. The Kier molecular flexibility index (Phi) is 4.02. The monoisotopic (exact) mass is 278 g/mol. The number of hydrogen-bond acceptors (Lipinski definition) is 2. The third-order valence-corrected chi connectivity index (χ3v) is 3.01. The van der Waals surface area contributed by atoms with Crippen molar-refractivity contribution in [2.75, 3.05) is 5.43 Å². The molecule has 0 saturated heterocycles. The normalized spacial score (nSPS) is 10.1. The van der Waals surface area contributed by atoms with Gasteiger partial charge < -0.3 is 0 Å². The van der Waals surface area contributed by atoms with Crippen LogP contribution < -0.4 is 10.9 Å². The number of hydrogen-bond donors (Lipinski definition) is 2. The first kappa shape index (κ1) is 13.4. The van der Waals surface area contributed by atoms with Gasteiger partial charge in [0.2, 0.25) is 0 Å². The van der Waals surface area contributed by atoms with E-state index in [4.69, 9.17) is 11.6 Å². The number of benzene rings is 2. The first-order valence-corrected chi connectivity index (χ1v) is 6.02. The van der Waals surface area contributed by atoms with Gasteiger partial charge in [0.25, 0.3) is 5.91 Å². The number of carbonyl (C=O) groups excluding carboxylic acids is 1. The Balaban J connectivity index is 2.00. The lowest BCUT2D eigenvalue weighted by atomic mass is 10.2. The molecule has 0 atom stereocenters. The van der Waals surface area contributed by atoms with Crippen LogP contribution in [0.25, 0.3) is 0 Å². The smallest absolute Gasteiger partial charge is 0.269 e. The fraction of sp³-hybridized carbons (Fsp3) is 0.0714. The van der Waals surface area contributed by atoms with Gasteiger partial charge in [-0.15, -0.1) is 0 Å². The predicted molar refractivity (Wildman–Crippen MR) is 73.7 cm³/mol. The number of rotatable bonds is 3. The minimum absolute atomic E-state index is 0.350. The Morgan fingerprint density at radius 3 is 2.47 bits per heavy atom. The Morgan fingerprint density at radius 2 is 1.84 bits per heavy atom. The number of halogens is 2. The molecule has 2 aromatic rings. The molecular weight excluding hydrogens is 267 g/mol. The highest BCUT2D eigenvalue weighted by Gasteiger charge is 2.05. The third-order valence-electron chi connectivity index (χ3n) is 2.60. The molecule has 2 rings (SSSR count). The van der Waals surface area contributed by atoms with E-state index in [1.54, 1.807) is 12.1 Å². The first-order valence-electron chi connectivity index (χ1n) is 5.64. The molecule has 1 amide bonds. The van der Waals surface area contributed by atoms with Crippen LogP contribution in [0.5, 0.6) is 0 Å². The summed E-state index contributed by atoms with van der Waals surface area (Å²) in [4.78, 5) is 11.8. The fourth-order valence-electron chi connectivity index (χ4n) is 1.47. The number of carbonyl (C=O) groups is 1. The molecule has 0 saturated carbocycles. The van der Waals surface area contributed by atoms with Crippen molar-refractivity contribution in [3.05, 3.63) is 64.4 Å². The number of anilines is 1. The average molecular weight is 279 g/mol. The minimum atomic E-state index is -0.380. The molecule has 0 spiro atoms. The molecule has 98 valence electrons. The van der Waals surface area contributed by atoms with Gasteiger partial charge in [0.15, 0.2) is 0 Å². The topological polar surface area (TPSA) is 41.1 Å². The Hall–Kier alpha value is -2.07. The molecular formula is C14H12ClFN2O. The summed E-state index contributed by atoms with van der Waals surface area (Å²) in [5, 5.41) is 0.612. The highest BCUT2D eigenvalue weighted by Crippen LogP contribution is 2.19. The van der Waals surface area contributed by atoms with Crippen LogP contribution in [-0.4, -0.2) is 5.91 Å². The second-order valence-corrected chi connectivity index (χ2v) is 4.46. The zero-order valence-electron chi connectivity index (χ0n) is 10.2. The van der Waals surface area contributed by atoms with Gasteiger partial charge >= 0.3 is 0 Å². The zero-order valence-corrected chi connectivity index (χ0v) is 11.0. The molecule has 0 bridgehead atoms. The van der Waals surface area contributed by atoms with E-state index < -0.39 is 0 Å².